The first-order valence-corrected chi connectivity index (χ1v) is 10.9. The third kappa shape index (κ3) is 4.00. The molecule has 9 heteroatoms. The van der Waals surface area contributed by atoms with Crippen molar-refractivity contribution in [2.45, 2.75) is 31.2 Å². The summed E-state index contributed by atoms with van der Waals surface area (Å²) in [6, 6.07) is 6.36. The SMILES string of the molecule is COc1ccc(S(=O)(=O)N2CCN(C(=O)C3CC(=O)N(C(C)C)C3)CC2)cc1. The highest BCUT2D eigenvalue weighted by Crippen LogP contribution is 2.24. The molecule has 1 unspecified atom stereocenters. The van der Waals surface area contributed by atoms with Crippen LogP contribution < -0.4 is 4.74 Å². The second-order valence-corrected chi connectivity index (χ2v) is 9.38. The van der Waals surface area contributed by atoms with Crippen molar-refractivity contribution in [1.82, 2.24) is 14.1 Å². The lowest BCUT2D eigenvalue weighted by Gasteiger charge is -2.35. The Balaban J connectivity index is 1.61. The minimum atomic E-state index is -3.61. The Morgan fingerprint density at radius 2 is 1.71 bits per heavy atom. The molecule has 2 amide bonds. The molecule has 2 heterocycles. The molecule has 0 spiro atoms. The quantitative estimate of drug-likeness (QED) is 0.717. The molecule has 0 aromatic heterocycles. The van der Waals surface area contributed by atoms with Gasteiger partial charge in [0, 0.05) is 45.2 Å². The van der Waals surface area contributed by atoms with Crippen molar-refractivity contribution in [3.8, 4) is 5.75 Å². The van der Waals surface area contributed by atoms with Crippen LogP contribution in [0.15, 0.2) is 29.2 Å². The number of sulfonamides is 1. The average molecular weight is 410 g/mol. The molecule has 2 saturated heterocycles. The van der Waals surface area contributed by atoms with E-state index in [2.05, 4.69) is 0 Å². The van der Waals surface area contributed by atoms with Gasteiger partial charge in [0.2, 0.25) is 21.8 Å². The highest BCUT2D eigenvalue weighted by molar-refractivity contribution is 7.89. The van der Waals surface area contributed by atoms with Gasteiger partial charge in [0.15, 0.2) is 0 Å². The summed E-state index contributed by atoms with van der Waals surface area (Å²) in [6.45, 7) is 5.48. The van der Waals surface area contributed by atoms with Gasteiger partial charge in [-0.1, -0.05) is 0 Å². The maximum absolute atomic E-state index is 12.8. The van der Waals surface area contributed by atoms with Gasteiger partial charge in [-0.3, -0.25) is 9.59 Å². The summed E-state index contributed by atoms with van der Waals surface area (Å²) < 4.78 is 32.1. The van der Waals surface area contributed by atoms with Gasteiger partial charge in [-0.25, -0.2) is 8.42 Å². The third-order valence-corrected chi connectivity index (χ3v) is 7.29. The normalized spacial score (nSPS) is 21.4. The summed E-state index contributed by atoms with van der Waals surface area (Å²) in [5, 5.41) is 0. The number of hydrogen-bond donors (Lipinski definition) is 0. The van der Waals surface area contributed by atoms with Crippen molar-refractivity contribution in [1.29, 1.82) is 0 Å². The molecule has 2 aliphatic rings. The highest BCUT2D eigenvalue weighted by Gasteiger charge is 2.39. The topological polar surface area (TPSA) is 87.2 Å². The maximum Gasteiger partial charge on any atom is 0.243 e. The lowest BCUT2D eigenvalue weighted by atomic mass is 10.1. The molecule has 154 valence electrons. The zero-order valence-electron chi connectivity index (χ0n) is 16.5. The number of nitrogens with zero attached hydrogens (tertiary/aromatic N) is 3. The number of piperazine rings is 1. The molecule has 0 saturated carbocycles. The smallest absolute Gasteiger partial charge is 0.243 e. The molecule has 3 rings (SSSR count). The number of amides is 2. The van der Waals surface area contributed by atoms with Crippen molar-refractivity contribution >= 4 is 21.8 Å². The Kier molecular flexibility index (Phi) is 5.95. The molecular formula is C19H27N3O5S. The van der Waals surface area contributed by atoms with Crippen LogP contribution in [0, 0.1) is 5.92 Å². The molecule has 2 aliphatic heterocycles. The number of carbonyl (C=O) groups is 2. The van der Waals surface area contributed by atoms with Crippen LogP contribution in [-0.4, -0.2) is 80.2 Å². The second kappa shape index (κ2) is 8.08. The minimum absolute atomic E-state index is 0.00840. The van der Waals surface area contributed by atoms with E-state index in [0.29, 0.717) is 25.4 Å². The van der Waals surface area contributed by atoms with Crippen molar-refractivity contribution in [3.63, 3.8) is 0 Å². The van der Waals surface area contributed by atoms with Gasteiger partial charge in [0.1, 0.15) is 5.75 Å². The predicted octanol–water partition coefficient (Wildman–Crippen LogP) is 0.785. The van der Waals surface area contributed by atoms with Crippen LogP contribution in [0.5, 0.6) is 5.75 Å². The Labute approximate surface area is 166 Å². The lowest BCUT2D eigenvalue weighted by molar-refractivity contribution is -0.137. The fourth-order valence-electron chi connectivity index (χ4n) is 3.70. The summed E-state index contributed by atoms with van der Waals surface area (Å²) in [5.74, 6) is 0.211. The first-order valence-electron chi connectivity index (χ1n) is 9.46. The average Bonchev–Trinajstić information content (AvgIpc) is 3.09. The molecule has 1 atom stereocenters. The van der Waals surface area contributed by atoms with Crippen LogP contribution in [0.4, 0.5) is 0 Å². The van der Waals surface area contributed by atoms with Crippen LogP contribution >= 0.6 is 0 Å². The van der Waals surface area contributed by atoms with Gasteiger partial charge >= 0.3 is 0 Å². The summed E-state index contributed by atoms with van der Waals surface area (Å²) in [7, 11) is -2.08. The predicted molar refractivity (Wildman–Crippen MR) is 103 cm³/mol. The van der Waals surface area contributed by atoms with Gasteiger partial charge in [-0.2, -0.15) is 4.31 Å². The van der Waals surface area contributed by atoms with Crippen LogP contribution in [0.2, 0.25) is 0 Å². The highest BCUT2D eigenvalue weighted by atomic mass is 32.2. The maximum atomic E-state index is 12.8. The number of likely N-dealkylation sites (tertiary alicyclic amines) is 1. The largest absolute Gasteiger partial charge is 0.497 e. The molecule has 1 aromatic carbocycles. The second-order valence-electron chi connectivity index (χ2n) is 7.45. The van der Waals surface area contributed by atoms with Crippen LogP contribution in [0.3, 0.4) is 0 Å². The number of methoxy groups -OCH3 is 1. The van der Waals surface area contributed by atoms with Crippen molar-refractivity contribution in [3.05, 3.63) is 24.3 Å². The number of hydrogen-bond acceptors (Lipinski definition) is 5. The minimum Gasteiger partial charge on any atom is -0.497 e. The lowest BCUT2D eigenvalue weighted by Crippen LogP contribution is -2.52. The fourth-order valence-corrected chi connectivity index (χ4v) is 5.12. The van der Waals surface area contributed by atoms with E-state index in [1.165, 1.54) is 23.5 Å². The van der Waals surface area contributed by atoms with E-state index < -0.39 is 10.0 Å². The van der Waals surface area contributed by atoms with Crippen molar-refractivity contribution in [2.24, 2.45) is 5.92 Å². The van der Waals surface area contributed by atoms with Gasteiger partial charge in [-0.15, -0.1) is 0 Å². The Morgan fingerprint density at radius 1 is 1.11 bits per heavy atom. The van der Waals surface area contributed by atoms with E-state index in [4.69, 9.17) is 4.74 Å². The molecule has 28 heavy (non-hydrogen) atoms. The molecule has 8 nitrogen and oxygen atoms in total. The molecule has 0 N–H and O–H groups in total. The first kappa shape index (κ1) is 20.6. The van der Waals surface area contributed by atoms with Crippen LogP contribution in [-0.2, 0) is 19.6 Å². The summed E-state index contributed by atoms with van der Waals surface area (Å²) >= 11 is 0. The van der Waals surface area contributed by atoms with Gasteiger partial charge in [0.05, 0.1) is 17.9 Å². The molecule has 1 aromatic rings. The zero-order chi connectivity index (χ0) is 20.5. The number of ether oxygens (including phenoxy) is 1. The van der Waals surface area contributed by atoms with E-state index in [1.807, 2.05) is 13.8 Å². The van der Waals surface area contributed by atoms with E-state index in [9.17, 15) is 18.0 Å². The monoisotopic (exact) mass is 409 g/mol. The van der Waals surface area contributed by atoms with Crippen molar-refractivity contribution in [2.75, 3.05) is 39.8 Å². The number of benzene rings is 1. The third-order valence-electron chi connectivity index (χ3n) is 5.38. The van der Waals surface area contributed by atoms with E-state index in [-0.39, 0.29) is 48.2 Å². The van der Waals surface area contributed by atoms with E-state index in [0.717, 1.165) is 0 Å². The summed E-state index contributed by atoms with van der Waals surface area (Å²) in [6.07, 6.45) is 0.237. The molecule has 2 fully saturated rings. The molecular weight excluding hydrogens is 382 g/mol. The Morgan fingerprint density at radius 3 is 2.21 bits per heavy atom. The van der Waals surface area contributed by atoms with Crippen LogP contribution in [0.1, 0.15) is 20.3 Å². The number of carbonyl (C=O) groups excluding carboxylic acids is 2. The van der Waals surface area contributed by atoms with Gasteiger partial charge in [0.25, 0.3) is 0 Å². The summed E-state index contributed by atoms with van der Waals surface area (Å²) in [5.41, 5.74) is 0. The molecule has 0 bridgehead atoms. The molecule has 0 aliphatic carbocycles. The number of rotatable bonds is 5. The van der Waals surface area contributed by atoms with E-state index in [1.54, 1.807) is 21.9 Å². The first-order chi connectivity index (χ1) is 13.2. The Bertz CT molecular complexity index is 830. The van der Waals surface area contributed by atoms with Crippen molar-refractivity contribution < 1.29 is 22.7 Å². The van der Waals surface area contributed by atoms with E-state index >= 15 is 0 Å². The van der Waals surface area contributed by atoms with Crippen LogP contribution in [0.25, 0.3) is 0 Å². The Hall–Kier alpha value is -2.13. The summed E-state index contributed by atoms with van der Waals surface area (Å²) in [4.78, 5) is 28.5. The standard InChI is InChI=1S/C19H27N3O5S/c1-14(2)22-13-15(12-18(22)23)19(24)20-8-10-21(11-9-20)28(25,26)17-6-4-16(27-3)5-7-17/h4-7,14-15H,8-13H2,1-3H3. The molecule has 0 radical (unpaired) electrons. The van der Waals surface area contributed by atoms with Gasteiger partial charge < -0.3 is 14.5 Å². The zero-order valence-corrected chi connectivity index (χ0v) is 17.3. The fraction of sp³-hybridized carbons (Fsp3) is 0.579. The van der Waals surface area contributed by atoms with Gasteiger partial charge in [-0.05, 0) is 38.1 Å².